The number of ketones is 1. The van der Waals surface area contributed by atoms with E-state index >= 15 is 4.79 Å². The van der Waals surface area contributed by atoms with E-state index in [0.29, 0.717) is 59.4 Å². The van der Waals surface area contributed by atoms with Crippen LogP contribution >= 0.6 is 0 Å². The van der Waals surface area contributed by atoms with Crippen molar-refractivity contribution in [3.63, 3.8) is 0 Å². The van der Waals surface area contributed by atoms with Crippen LogP contribution in [0.4, 0.5) is 0 Å². The minimum absolute atomic E-state index is 0.0586. The number of benzene rings is 1. The van der Waals surface area contributed by atoms with Gasteiger partial charge in [-0.3, -0.25) is 4.79 Å². The van der Waals surface area contributed by atoms with Gasteiger partial charge >= 0.3 is 5.97 Å². The molecule has 6 unspecified atom stereocenters. The van der Waals surface area contributed by atoms with Gasteiger partial charge in [-0.15, -0.1) is 0 Å². The fraction of sp³-hybridized carbons (Fsp3) is 0.571. The standard InChI is InChI=1S/C49H61N3O12/c1-23(2)12-11-17-47(8)18-16-27-39(62-47)26(14-13-24(3)4)41-33(40(27)61-45-38(56)37(55)36(54)30(22-53)60-45)35-34-32(29(21-50)43(51)52(35)9)28-20-31-46(6,7)64-48(42(28)57,49(31,34)63-41)19-15-25(5)44(58)59-10/h12-13,15-16,18,28,30-32,36-38,45,53-56H,11,14,17,19-20,22,51H2,1-10H3/b25-15-/t28?,30-,31?,32?,36-,37+,38-,45+,47?,48?,49?/m1/s1. The Labute approximate surface area is 374 Å². The van der Waals surface area contributed by atoms with Crippen molar-refractivity contribution in [3.05, 3.63) is 74.7 Å². The van der Waals surface area contributed by atoms with Gasteiger partial charge in [-0.1, -0.05) is 29.4 Å². The summed E-state index contributed by atoms with van der Waals surface area (Å²) in [4.78, 5) is 30.1. The molecule has 3 aliphatic carbocycles. The minimum Gasteiger partial charge on any atom is -0.482 e. The topological polar surface area (TPSA) is 223 Å². The quantitative estimate of drug-likeness (QED) is 0.116. The predicted octanol–water partition coefficient (Wildman–Crippen LogP) is 4.66. The number of methoxy groups -OCH3 is 1. The molecule has 11 atom stereocenters. The van der Waals surface area contributed by atoms with Crippen molar-refractivity contribution in [1.82, 2.24) is 4.90 Å². The smallest absolute Gasteiger partial charge is 0.333 e. The van der Waals surface area contributed by atoms with Gasteiger partial charge < -0.3 is 59.5 Å². The van der Waals surface area contributed by atoms with Crippen LogP contribution in [0, 0.1) is 29.1 Å². The first-order chi connectivity index (χ1) is 30.1. The van der Waals surface area contributed by atoms with Crippen LogP contribution in [-0.4, -0.2) is 111 Å². The van der Waals surface area contributed by atoms with Gasteiger partial charge in [0.05, 0.1) is 47.8 Å². The van der Waals surface area contributed by atoms with Crippen LogP contribution in [0.3, 0.4) is 0 Å². The van der Waals surface area contributed by atoms with Gasteiger partial charge in [-0.2, -0.15) is 5.26 Å². The lowest BCUT2D eigenvalue weighted by Crippen LogP contribution is -2.75. The molecule has 5 aliphatic heterocycles. The molecule has 2 saturated heterocycles. The molecular formula is C49H61N3O12. The normalized spacial score (nSPS) is 35.1. The highest BCUT2D eigenvalue weighted by molar-refractivity contribution is 6.02. The van der Waals surface area contributed by atoms with Crippen LogP contribution in [0.15, 0.2) is 58.0 Å². The molecule has 344 valence electrons. The second-order valence-electron chi connectivity index (χ2n) is 19.5. The summed E-state index contributed by atoms with van der Waals surface area (Å²) in [6.45, 7) is 14.8. The van der Waals surface area contributed by atoms with Crippen LogP contribution in [-0.2, 0) is 30.2 Å². The molecule has 1 spiro atoms. The van der Waals surface area contributed by atoms with Crippen LogP contribution in [0.2, 0.25) is 0 Å². The molecule has 4 bridgehead atoms. The maximum Gasteiger partial charge on any atom is 0.333 e. The first kappa shape index (κ1) is 45.6. The van der Waals surface area contributed by atoms with E-state index in [9.17, 15) is 30.5 Å². The van der Waals surface area contributed by atoms with E-state index in [1.165, 1.54) is 12.7 Å². The Balaban J connectivity index is 1.48. The SMILES string of the molecule is COC(=O)/C(C)=C\CC12OC(C)(C)C3CC(C1=O)C1C(C#N)=C(N)N(C)C4=C1C32Oc1c(CC=C(C)C)c2c(c(O[C@@H]3O[C@H](CO)[C@@H](O)[C@H](O)[C@H]3O)c14)C=CC(C)(CCC=C(C)C)O2. The van der Waals surface area contributed by atoms with Gasteiger partial charge in [0, 0.05) is 47.9 Å². The maximum absolute atomic E-state index is 15.5. The highest BCUT2D eigenvalue weighted by Crippen LogP contribution is 2.74. The highest BCUT2D eigenvalue weighted by atomic mass is 16.7. The van der Waals surface area contributed by atoms with Gasteiger partial charge in [0.1, 0.15) is 53.1 Å². The number of carbonyl (C=O) groups excluding carboxylic acids is 2. The second-order valence-corrected chi connectivity index (χ2v) is 19.5. The lowest BCUT2D eigenvalue weighted by atomic mass is 9.44. The number of fused-ring (bicyclic) bond motifs is 3. The molecule has 1 aromatic rings. The zero-order valence-corrected chi connectivity index (χ0v) is 38.3. The van der Waals surface area contributed by atoms with E-state index in [1.807, 2.05) is 66.7 Å². The number of Topliss-reactive ketones (excluding diaryl/α,β-unsaturated/α-hetero) is 1. The monoisotopic (exact) mass is 883 g/mol. The molecule has 3 saturated carbocycles. The number of rotatable bonds is 11. The summed E-state index contributed by atoms with van der Waals surface area (Å²) in [5.74, 6) is -1.95. The van der Waals surface area contributed by atoms with E-state index in [-0.39, 0.29) is 40.7 Å². The molecule has 64 heavy (non-hydrogen) atoms. The summed E-state index contributed by atoms with van der Waals surface area (Å²) in [7, 11) is 3.03. The number of allylic oxidation sites excluding steroid dienone is 5. The van der Waals surface area contributed by atoms with Crippen LogP contribution in [0.25, 0.3) is 11.8 Å². The Kier molecular flexibility index (Phi) is 11.3. The molecule has 8 aliphatic rings. The van der Waals surface area contributed by atoms with Crippen molar-refractivity contribution in [2.75, 3.05) is 20.8 Å². The fourth-order valence-corrected chi connectivity index (χ4v) is 11.3. The molecule has 15 heteroatoms. The number of aliphatic hydroxyl groups excluding tert-OH is 4. The summed E-state index contributed by atoms with van der Waals surface area (Å²) in [5, 5.41) is 54.3. The van der Waals surface area contributed by atoms with Gasteiger partial charge in [0.2, 0.25) is 6.29 Å². The number of hydrogen-bond donors (Lipinski definition) is 5. The van der Waals surface area contributed by atoms with Crippen molar-refractivity contribution in [2.45, 2.75) is 141 Å². The molecule has 5 fully saturated rings. The predicted molar refractivity (Wildman–Crippen MR) is 234 cm³/mol. The Morgan fingerprint density at radius 1 is 1.03 bits per heavy atom. The van der Waals surface area contributed by atoms with Crippen LogP contribution < -0.4 is 19.9 Å². The minimum atomic E-state index is -1.78. The van der Waals surface area contributed by atoms with Crippen LogP contribution in [0.5, 0.6) is 17.2 Å². The van der Waals surface area contributed by atoms with Crippen molar-refractivity contribution in [3.8, 4) is 23.3 Å². The lowest BCUT2D eigenvalue weighted by Gasteiger charge is -2.63. The number of carbonyl (C=O) groups is 2. The Morgan fingerprint density at radius 3 is 2.38 bits per heavy atom. The zero-order valence-electron chi connectivity index (χ0n) is 38.3. The Hall–Kier alpha value is -4.95. The van der Waals surface area contributed by atoms with Gasteiger partial charge in [0.25, 0.3) is 0 Å². The summed E-state index contributed by atoms with van der Waals surface area (Å²) >= 11 is 0. The zero-order chi connectivity index (χ0) is 46.6. The van der Waals surface area contributed by atoms with Crippen molar-refractivity contribution >= 4 is 23.5 Å². The number of esters is 1. The average molecular weight is 884 g/mol. The molecular weight excluding hydrogens is 823 g/mol. The number of nitrogens with zero attached hydrogens (tertiary/aromatic N) is 2. The van der Waals surface area contributed by atoms with Crippen LogP contribution in [0.1, 0.15) is 97.8 Å². The third-order valence-corrected chi connectivity index (χ3v) is 14.5. The van der Waals surface area contributed by atoms with Crippen molar-refractivity contribution in [1.29, 1.82) is 5.26 Å². The average Bonchev–Trinajstić information content (AvgIpc) is 3.39. The van der Waals surface area contributed by atoms with E-state index in [1.54, 1.807) is 24.9 Å². The molecule has 5 heterocycles. The first-order valence-corrected chi connectivity index (χ1v) is 22.1. The fourth-order valence-electron chi connectivity index (χ4n) is 11.3. The van der Waals surface area contributed by atoms with Gasteiger partial charge in [-0.05, 0) is 93.2 Å². The maximum atomic E-state index is 15.5. The van der Waals surface area contributed by atoms with Gasteiger partial charge in [-0.25, -0.2) is 4.79 Å². The third-order valence-electron chi connectivity index (χ3n) is 14.5. The summed E-state index contributed by atoms with van der Waals surface area (Å²) in [5.41, 5.74) is 7.11. The summed E-state index contributed by atoms with van der Waals surface area (Å²) < 4.78 is 39.9. The molecule has 15 nitrogen and oxygen atoms in total. The largest absolute Gasteiger partial charge is 0.482 e. The van der Waals surface area contributed by atoms with E-state index in [0.717, 1.165) is 5.57 Å². The van der Waals surface area contributed by atoms with Crippen molar-refractivity contribution in [2.24, 2.45) is 23.5 Å². The number of aliphatic hydroxyl groups is 4. The Bertz CT molecular complexity index is 2410. The van der Waals surface area contributed by atoms with Gasteiger partial charge in [0.15, 0.2) is 17.0 Å². The van der Waals surface area contributed by atoms with E-state index in [4.69, 9.17) is 34.2 Å². The number of nitrogens with two attached hydrogens (primary N) is 1. The van der Waals surface area contributed by atoms with E-state index in [2.05, 4.69) is 12.1 Å². The van der Waals surface area contributed by atoms with Crippen molar-refractivity contribution < 1.29 is 58.4 Å². The summed E-state index contributed by atoms with van der Waals surface area (Å²) in [6, 6.07) is 2.34. The summed E-state index contributed by atoms with van der Waals surface area (Å²) in [6.07, 6.45) is 3.50. The molecule has 1 aromatic carbocycles. The lowest BCUT2D eigenvalue weighted by molar-refractivity contribution is -0.277. The molecule has 0 aromatic heterocycles. The molecule has 0 radical (unpaired) electrons. The Morgan fingerprint density at radius 2 is 1.73 bits per heavy atom. The number of ether oxygens (including phenoxy) is 6. The number of hydrogen-bond acceptors (Lipinski definition) is 15. The molecule has 9 rings (SSSR count). The third kappa shape index (κ3) is 6.50. The van der Waals surface area contributed by atoms with E-state index < -0.39 is 83.4 Å². The number of nitriles is 1. The second kappa shape index (κ2) is 15.9. The molecule has 6 N–H and O–H groups in total. The molecule has 0 amide bonds. The first-order valence-electron chi connectivity index (χ1n) is 22.1. The highest BCUT2D eigenvalue weighted by Gasteiger charge is 2.84.